The molecule has 0 aliphatic carbocycles. The number of benzene rings is 1. The predicted octanol–water partition coefficient (Wildman–Crippen LogP) is 1.99. The second-order valence-electron chi connectivity index (χ2n) is 4.48. The highest BCUT2D eigenvalue weighted by Crippen LogP contribution is 2.30. The summed E-state index contributed by atoms with van der Waals surface area (Å²) in [4.78, 5) is 11.3. The molecule has 1 aromatic carbocycles. The third-order valence-electron chi connectivity index (χ3n) is 3.06. The Morgan fingerprint density at radius 3 is 2.50 bits per heavy atom. The first kappa shape index (κ1) is 14.6. The van der Waals surface area contributed by atoms with Crippen LogP contribution in [0.3, 0.4) is 0 Å². The van der Waals surface area contributed by atoms with Gasteiger partial charge in [-0.05, 0) is 24.3 Å². The van der Waals surface area contributed by atoms with E-state index in [1.54, 1.807) is 0 Å². The highest BCUT2D eigenvalue weighted by atomic mass is 19.4. The van der Waals surface area contributed by atoms with Crippen LogP contribution in [0.2, 0.25) is 0 Å². The summed E-state index contributed by atoms with van der Waals surface area (Å²) >= 11 is 0. The molecule has 1 saturated heterocycles. The number of halogens is 3. The van der Waals surface area contributed by atoms with Crippen LogP contribution in [-0.4, -0.2) is 31.8 Å². The molecule has 20 heavy (non-hydrogen) atoms. The molecule has 1 heterocycles. The van der Waals surface area contributed by atoms with Crippen molar-refractivity contribution in [1.82, 2.24) is 5.32 Å². The van der Waals surface area contributed by atoms with Gasteiger partial charge in [0.1, 0.15) is 17.9 Å². The fourth-order valence-corrected chi connectivity index (χ4v) is 2.03. The SMILES string of the molecule is COC(=O)[C@@H]1C[C@H](Oc2ccc(C(F)(F)F)cc2)CN1. The van der Waals surface area contributed by atoms with Gasteiger partial charge in [-0.15, -0.1) is 0 Å². The summed E-state index contributed by atoms with van der Waals surface area (Å²) in [6.45, 7) is 0.445. The van der Waals surface area contributed by atoms with Crippen molar-refractivity contribution in [2.45, 2.75) is 24.7 Å². The van der Waals surface area contributed by atoms with E-state index in [0.29, 0.717) is 18.7 Å². The molecule has 7 heteroatoms. The second kappa shape index (κ2) is 5.70. The Labute approximate surface area is 113 Å². The molecular formula is C13H14F3NO3. The van der Waals surface area contributed by atoms with Gasteiger partial charge in [-0.1, -0.05) is 0 Å². The minimum atomic E-state index is -4.36. The molecule has 0 aromatic heterocycles. The molecule has 0 bridgehead atoms. The Bertz CT molecular complexity index is 473. The smallest absolute Gasteiger partial charge is 0.416 e. The van der Waals surface area contributed by atoms with Crippen molar-refractivity contribution in [3.05, 3.63) is 29.8 Å². The zero-order valence-corrected chi connectivity index (χ0v) is 10.7. The predicted molar refractivity (Wildman–Crippen MR) is 64.3 cm³/mol. The number of alkyl halides is 3. The molecule has 0 unspecified atom stereocenters. The molecule has 0 radical (unpaired) electrons. The van der Waals surface area contributed by atoms with Crippen LogP contribution in [0.15, 0.2) is 24.3 Å². The van der Waals surface area contributed by atoms with E-state index in [2.05, 4.69) is 10.1 Å². The van der Waals surface area contributed by atoms with E-state index in [-0.39, 0.29) is 12.1 Å². The van der Waals surface area contributed by atoms with E-state index >= 15 is 0 Å². The minimum Gasteiger partial charge on any atom is -0.489 e. The second-order valence-corrected chi connectivity index (χ2v) is 4.48. The molecule has 1 N–H and O–H groups in total. The van der Waals surface area contributed by atoms with Crippen LogP contribution < -0.4 is 10.1 Å². The normalized spacial score (nSPS) is 22.6. The standard InChI is InChI=1S/C13H14F3NO3/c1-19-12(18)11-6-10(7-17-11)20-9-4-2-8(3-5-9)13(14,15)16/h2-5,10-11,17H,6-7H2,1H3/t10-,11-/m0/s1. The lowest BCUT2D eigenvalue weighted by atomic mass is 10.2. The van der Waals surface area contributed by atoms with Gasteiger partial charge in [0.15, 0.2) is 0 Å². The number of carbonyl (C=O) groups is 1. The molecule has 1 aromatic rings. The molecule has 2 rings (SSSR count). The first-order chi connectivity index (χ1) is 9.40. The van der Waals surface area contributed by atoms with E-state index in [0.717, 1.165) is 12.1 Å². The van der Waals surface area contributed by atoms with Crippen LogP contribution >= 0.6 is 0 Å². The number of carbonyl (C=O) groups excluding carboxylic acids is 1. The van der Waals surface area contributed by atoms with Gasteiger partial charge in [0.25, 0.3) is 0 Å². The van der Waals surface area contributed by atoms with Crippen LogP contribution in [0, 0.1) is 0 Å². The maximum Gasteiger partial charge on any atom is 0.416 e. The summed E-state index contributed by atoms with van der Waals surface area (Å²) in [6, 6.07) is 4.05. The molecule has 0 amide bonds. The molecule has 2 atom stereocenters. The number of ether oxygens (including phenoxy) is 2. The molecule has 110 valence electrons. The number of esters is 1. The zero-order chi connectivity index (χ0) is 14.8. The molecule has 0 saturated carbocycles. The van der Waals surface area contributed by atoms with Crippen molar-refractivity contribution in [2.24, 2.45) is 0 Å². The van der Waals surface area contributed by atoms with E-state index in [1.165, 1.54) is 19.2 Å². The fourth-order valence-electron chi connectivity index (χ4n) is 2.03. The third-order valence-corrected chi connectivity index (χ3v) is 3.06. The largest absolute Gasteiger partial charge is 0.489 e. The third kappa shape index (κ3) is 3.41. The van der Waals surface area contributed by atoms with Crippen LogP contribution in [0.1, 0.15) is 12.0 Å². The first-order valence-electron chi connectivity index (χ1n) is 6.05. The van der Waals surface area contributed by atoms with Crippen LogP contribution in [0.25, 0.3) is 0 Å². The Hall–Kier alpha value is -1.76. The van der Waals surface area contributed by atoms with Gasteiger partial charge in [-0.2, -0.15) is 13.2 Å². The number of methoxy groups -OCH3 is 1. The van der Waals surface area contributed by atoms with Crippen LogP contribution in [0.5, 0.6) is 5.75 Å². The van der Waals surface area contributed by atoms with E-state index in [9.17, 15) is 18.0 Å². The Kier molecular flexibility index (Phi) is 4.17. The molecule has 0 spiro atoms. The summed E-state index contributed by atoms with van der Waals surface area (Å²) in [5, 5.41) is 2.93. The molecule has 1 fully saturated rings. The van der Waals surface area contributed by atoms with Crippen molar-refractivity contribution in [3.63, 3.8) is 0 Å². The first-order valence-corrected chi connectivity index (χ1v) is 6.05. The van der Waals surface area contributed by atoms with Crippen molar-refractivity contribution in [3.8, 4) is 5.75 Å². The van der Waals surface area contributed by atoms with Crippen LogP contribution in [0.4, 0.5) is 13.2 Å². The maximum absolute atomic E-state index is 12.4. The number of nitrogens with one attached hydrogen (secondary N) is 1. The average Bonchev–Trinajstić information content (AvgIpc) is 2.86. The molecule has 1 aliphatic heterocycles. The lowest BCUT2D eigenvalue weighted by Crippen LogP contribution is -2.31. The maximum atomic E-state index is 12.4. The Morgan fingerprint density at radius 1 is 1.30 bits per heavy atom. The monoisotopic (exact) mass is 289 g/mol. The average molecular weight is 289 g/mol. The number of rotatable bonds is 3. The Balaban J connectivity index is 1.93. The summed E-state index contributed by atoms with van der Waals surface area (Å²) in [7, 11) is 1.30. The highest BCUT2D eigenvalue weighted by Gasteiger charge is 2.32. The fraction of sp³-hybridized carbons (Fsp3) is 0.462. The number of hydrogen-bond acceptors (Lipinski definition) is 4. The van der Waals surface area contributed by atoms with Gasteiger partial charge < -0.3 is 14.8 Å². The zero-order valence-electron chi connectivity index (χ0n) is 10.7. The quantitative estimate of drug-likeness (QED) is 0.865. The van der Waals surface area contributed by atoms with Crippen LogP contribution in [-0.2, 0) is 15.7 Å². The molecule has 4 nitrogen and oxygen atoms in total. The van der Waals surface area contributed by atoms with Gasteiger partial charge in [0, 0.05) is 13.0 Å². The van der Waals surface area contributed by atoms with Gasteiger partial charge in [-0.25, -0.2) is 0 Å². The van der Waals surface area contributed by atoms with Crippen molar-refractivity contribution < 1.29 is 27.4 Å². The molecule has 1 aliphatic rings. The summed E-state index contributed by atoms with van der Waals surface area (Å²) < 4.78 is 47.3. The van der Waals surface area contributed by atoms with Crippen molar-refractivity contribution in [2.75, 3.05) is 13.7 Å². The Morgan fingerprint density at radius 2 is 1.95 bits per heavy atom. The summed E-state index contributed by atoms with van der Waals surface area (Å²) in [5.41, 5.74) is -0.721. The van der Waals surface area contributed by atoms with Gasteiger partial charge in [0.05, 0.1) is 12.7 Å². The lowest BCUT2D eigenvalue weighted by molar-refractivity contribution is -0.142. The van der Waals surface area contributed by atoms with E-state index in [1.807, 2.05) is 0 Å². The summed E-state index contributed by atoms with van der Waals surface area (Å²) in [5.74, 6) is -0.0289. The van der Waals surface area contributed by atoms with Gasteiger partial charge >= 0.3 is 12.1 Å². The molecular weight excluding hydrogens is 275 g/mol. The number of hydrogen-bond donors (Lipinski definition) is 1. The van der Waals surface area contributed by atoms with Gasteiger partial charge in [-0.3, -0.25) is 4.79 Å². The lowest BCUT2D eigenvalue weighted by Gasteiger charge is -2.13. The van der Waals surface area contributed by atoms with Crippen molar-refractivity contribution >= 4 is 5.97 Å². The van der Waals surface area contributed by atoms with Crippen molar-refractivity contribution in [1.29, 1.82) is 0 Å². The topological polar surface area (TPSA) is 47.6 Å². The van der Waals surface area contributed by atoms with Gasteiger partial charge in [0.2, 0.25) is 0 Å². The van der Waals surface area contributed by atoms with E-state index in [4.69, 9.17) is 4.74 Å². The minimum absolute atomic E-state index is 0.268. The summed E-state index contributed by atoms with van der Waals surface area (Å²) in [6.07, 6.45) is -4.20. The highest BCUT2D eigenvalue weighted by molar-refractivity contribution is 5.76. The van der Waals surface area contributed by atoms with E-state index < -0.39 is 17.8 Å².